The Morgan fingerprint density at radius 2 is 1.91 bits per heavy atom. The Hall–Kier alpha value is -2.40. The maximum absolute atomic E-state index is 12.8. The van der Waals surface area contributed by atoms with Gasteiger partial charge in [0.2, 0.25) is 11.7 Å². The number of carbonyl (C=O) groups excluding carboxylic acids is 1. The van der Waals surface area contributed by atoms with Crippen molar-refractivity contribution in [3.05, 3.63) is 56.0 Å². The van der Waals surface area contributed by atoms with Gasteiger partial charge < -0.3 is 4.90 Å². The highest BCUT2D eigenvalue weighted by atomic mass is 35.5. The second kappa shape index (κ2) is 8.86. The molecule has 8 nitrogen and oxygen atoms in total. The van der Waals surface area contributed by atoms with Crippen LogP contribution in [0.2, 0.25) is 4.34 Å². The second-order valence-corrected chi connectivity index (χ2v) is 10.4. The average Bonchev–Trinajstić information content (AvgIpc) is 3.42. The Balaban J connectivity index is 1.25. The SMILES string of the molecule is Cn1c(=O)c2ccccc2n2c(SCC(=O)N3CCN(Cc4ccc(Cl)s4)CC3)nnc12. The Bertz CT molecular complexity index is 1360. The zero-order valence-corrected chi connectivity index (χ0v) is 19.8. The van der Waals surface area contributed by atoms with E-state index >= 15 is 0 Å². The molecular weight excluding hydrogens is 468 g/mol. The molecule has 0 aliphatic carbocycles. The number of thioether (sulfide) groups is 1. The van der Waals surface area contributed by atoms with Crippen molar-refractivity contribution >= 4 is 57.3 Å². The van der Waals surface area contributed by atoms with Crippen molar-refractivity contribution < 1.29 is 4.79 Å². The zero-order valence-electron chi connectivity index (χ0n) is 17.4. The van der Waals surface area contributed by atoms with Crippen LogP contribution < -0.4 is 5.56 Å². The molecule has 0 saturated carbocycles. The summed E-state index contributed by atoms with van der Waals surface area (Å²) in [6.07, 6.45) is 0. The molecule has 11 heteroatoms. The first kappa shape index (κ1) is 21.4. The van der Waals surface area contributed by atoms with Gasteiger partial charge in [-0.05, 0) is 24.3 Å². The molecule has 0 N–H and O–H groups in total. The smallest absolute Gasteiger partial charge is 0.262 e. The van der Waals surface area contributed by atoms with Crippen LogP contribution in [0.25, 0.3) is 16.7 Å². The molecule has 0 spiro atoms. The van der Waals surface area contributed by atoms with Gasteiger partial charge in [0.1, 0.15) is 0 Å². The number of aryl methyl sites for hydroxylation is 1. The predicted octanol–water partition coefficient (Wildman–Crippen LogP) is 2.73. The number of halogens is 1. The lowest BCUT2D eigenvalue weighted by atomic mass is 10.2. The minimum Gasteiger partial charge on any atom is -0.339 e. The molecule has 5 rings (SSSR count). The van der Waals surface area contributed by atoms with Crippen LogP contribution in [0.15, 0.2) is 46.3 Å². The van der Waals surface area contributed by atoms with Crippen LogP contribution in [0.1, 0.15) is 4.88 Å². The highest BCUT2D eigenvalue weighted by Gasteiger charge is 2.23. The molecule has 1 saturated heterocycles. The van der Waals surface area contributed by atoms with E-state index in [9.17, 15) is 9.59 Å². The van der Waals surface area contributed by atoms with Gasteiger partial charge in [0, 0.05) is 44.6 Å². The topological polar surface area (TPSA) is 75.7 Å². The standard InChI is InChI=1S/C21H21ClN6O2S2/c1-25-19(30)15-4-2-3-5-16(15)28-20(25)23-24-21(28)31-13-18(29)27-10-8-26(9-11-27)12-14-6-7-17(22)32-14/h2-7H,8-13H2,1H3. The molecular formula is C21H21ClN6O2S2. The van der Waals surface area contributed by atoms with E-state index in [1.54, 1.807) is 24.5 Å². The number of hydrogen-bond acceptors (Lipinski definition) is 7. The number of benzene rings is 1. The van der Waals surface area contributed by atoms with Crippen LogP contribution >= 0.6 is 34.7 Å². The fourth-order valence-electron chi connectivity index (χ4n) is 3.93. The molecule has 1 aliphatic rings. The summed E-state index contributed by atoms with van der Waals surface area (Å²) in [5, 5.41) is 9.64. The van der Waals surface area contributed by atoms with E-state index in [0.29, 0.717) is 29.4 Å². The summed E-state index contributed by atoms with van der Waals surface area (Å²) in [5.74, 6) is 0.823. The largest absolute Gasteiger partial charge is 0.339 e. The highest BCUT2D eigenvalue weighted by Crippen LogP contribution is 2.24. The summed E-state index contributed by atoms with van der Waals surface area (Å²) in [7, 11) is 1.68. The quantitative estimate of drug-likeness (QED) is 0.402. The van der Waals surface area contributed by atoms with E-state index in [4.69, 9.17) is 11.6 Å². The first-order valence-electron chi connectivity index (χ1n) is 10.2. The van der Waals surface area contributed by atoms with E-state index < -0.39 is 0 Å². The Labute approximate surface area is 197 Å². The lowest BCUT2D eigenvalue weighted by Crippen LogP contribution is -2.48. The lowest BCUT2D eigenvalue weighted by Gasteiger charge is -2.34. The summed E-state index contributed by atoms with van der Waals surface area (Å²) in [4.78, 5) is 30.9. The van der Waals surface area contributed by atoms with Crippen molar-refractivity contribution in [3.63, 3.8) is 0 Å². The summed E-state index contributed by atoms with van der Waals surface area (Å²) in [6.45, 7) is 3.96. The van der Waals surface area contributed by atoms with E-state index in [-0.39, 0.29) is 17.2 Å². The maximum Gasteiger partial charge on any atom is 0.262 e. The van der Waals surface area contributed by atoms with Crippen molar-refractivity contribution in [1.82, 2.24) is 29.0 Å². The fourth-order valence-corrected chi connectivity index (χ4v) is 5.91. The van der Waals surface area contributed by atoms with Crippen molar-refractivity contribution in [3.8, 4) is 0 Å². The summed E-state index contributed by atoms with van der Waals surface area (Å²) >= 11 is 8.97. The van der Waals surface area contributed by atoms with Crippen molar-refractivity contribution in [2.24, 2.45) is 7.05 Å². The van der Waals surface area contributed by atoms with Gasteiger partial charge in [0.05, 0.1) is 21.0 Å². The molecule has 0 atom stereocenters. The van der Waals surface area contributed by atoms with Crippen LogP contribution in [0.3, 0.4) is 0 Å². The number of para-hydroxylation sites is 1. The molecule has 1 amide bonds. The number of piperazine rings is 1. The van der Waals surface area contributed by atoms with Crippen LogP contribution in [0, 0.1) is 0 Å². The highest BCUT2D eigenvalue weighted by molar-refractivity contribution is 7.99. The minimum atomic E-state index is -0.115. The number of fused-ring (bicyclic) bond motifs is 3. The van der Waals surface area contributed by atoms with Gasteiger partial charge in [-0.25, -0.2) is 0 Å². The molecule has 32 heavy (non-hydrogen) atoms. The molecule has 166 valence electrons. The zero-order chi connectivity index (χ0) is 22.2. The van der Waals surface area contributed by atoms with Gasteiger partial charge in [0.25, 0.3) is 5.56 Å². The van der Waals surface area contributed by atoms with Gasteiger partial charge in [0.15, 0.2) is 5.16 Å². The molecule has 1 fully saturated rings. The van der Waals surface area contributed by atoms with Crippen molar-refractivity contribution in [2.45, 2.75) is 11.7 Å². The number of rotatable bonds is 5. The Morgan fingerprint density at radius 3 is 2.66 bits per heavy atom. The Morgan fingerprint density at radius 1 is 1.12 bits per heavy atom. The average molecular weight is 489 g/mol. The van der Waals surface area contributed by atoms with Gasteiger partial charge in [-0.2, -0.15) is 0 Å². The first-order chi connectivity index (χ1) is 15.5. The predicted molar refractivity (Wildman–Crippen MR) is 128 cm³/mol. The number of amides is 1. The van der Waals surface area contributed by atoms with Crippen LogP contribution in [0.5, 0.6) is 0 Å². The van der Waals surface area contributed by atoms with Crippen LogP contribution in [-0.4, -0.2) is 66.8 Å². The van der Waals surface area contributed by atoms with Crippen molar-refractivity contribution in [1.29, 1.82) is 0 Å². The molecule has 1 aromatic carbocycles. The van der Waals surface area contributed by atoms with E-state index in [2.05, 4.69) is 21.2 Å². The van der Waals surface area contributed by atoms with E-state index in [1.807, 2.05) is 33.6 Å². The summed E-state index contributed by atoms with van der Waals surface area (Å²) in [5.41, 5.74) is 0.628. The fraction of sp³-hybridized carbons (Fsp3) is 0.333. The lowest BCUT2D eigenvalue weighted by molar-refractivity contribution is -0.130. The van der Waals surface area contributed by atoms with Gasteiger partial charge >= 0.3 is 0 Å². The Kier molecular flexibility index (Phi) is 5.93. The molecule has 4 heterocycles. The van der Waals surface area contributed by atoms with Crippen LogP contribution in [-0.2, 0) is 18.4 Å². The third-order valence-corrected chi connectivity index (χ3v) is 7.78. The number of carbonyl (C=O) groups is 1. The normalized spacial score (nSPS) is 15.1. The number of hydrogen-bond donors (Lipinski definition) is 0. The first-order valence-corrected chi connectivity index (χ1v) is 12.4. The molecule has 1 aliphatic heterocycles. The van der Waals surface area contributed by atoms with Gasteiger partial charge in [-0.1, -0.05) is 35.5 Å². The maximum atomic E-state index is 12.8. The monoisotopic (exact) mass is 488 g/mol. The third-order valence-electron chi connectivity index (χ3n) is 5.65. The summed E-state index contributed by atoms with van der Waals surface area (Å²) in [6, 6.07) is 11.4. The molecule has 0 unspecified atom stereocenters. The van der Waals surface area contributed by atoms with E-state index in [1.165, 1.54) is 21.2 Å². The van der Waals surface area contributed by atoms with Crippen molar-refractivity contribution in [2.75, 3.05) is 31.9 Å². The molecule has 0 radical (unpaired) electrons. The molecule has 3 aromatic heterocycles. The third kappa shape index (κ3) is 4.03. The van der Waals surface area contributed by atoms with Crippen LogP contribution in [0.4, 0.5) is 0 Å². The van der Waals surface area contributed by atoms with E-state index in [0.717, 1.165) is 29.5 Å². The van der Waals surface area contributed by atoms with Gasteiger partial charge in [-0.15, -0.1) is 21.5 Å². The number of thiophene rings is 1. The summed E-state index contributed by atoms with van der Waals surface area (Å²) < 4.78 is 4.14. The number of nitrogens with zero attached hydrogens (tertiary/aromatic N) is 6. The number of aromatic nitrogens is 4. The minimum absolute atomic E-state index is 0.0830. The molecule has 0 bridgehead atoms. The molecule has 4 aromatic rings. The second-order valence-electron chi connectivity index (χ2n) is 7.65. The van der Waals surface area contributed by atoms with Gasteiger partial charge in [-0.3, -0.25) is 23.5 Å².